The maximum atomic E-state index is 6.63. The maximum Gasteiger partial charge on any atom is 0.178 e. The first kappa shape index (κ1) is 39.9. The van der Waals surface area contributed by atoms with Gasteiger partial charge in [0.05, 0.1) is 0 Å². The Labute approximate surface area is 347 Å². The monoisotopic (exact) mass is 769 g/mol. The molecule has 9 rings (SSSR count). The van der Waals surface area contributed by atoms with E-state index in [4.69, 9.17) is 20.6 Å². The highest BCUT2D eigenvalue weighted by Gasteiger charge is 2.37. The van der Waals surface area contributed by atoms with Crippen molar-refractivity contribution in [1.82, 2.24) is 0 Å². The summed E-state index contributed by atoms with van der Waals surface area (Å²) in [5.74, 6) is 2.97. The number of hydrogen-bond donors (Lipinski definition) is 2. The van der Waals surface area contributed by atoms with Crippen molar-refractivity contribution >= 4 is 13.4 Å². The van der Waals surface area contributed by atoms with Gasteiger partial charge in [-0.15, -0.1) is 0 Å². The van der Waals surface area contributed by atoms with Crippen LogP contribution < -0.4 is 15.2 Å². The summed E-state index contributed by atoms with van der Waals surface area (Å²) < 4.78 is 13.0. The molecule has 0 aromatic heterocycles. The average Bonchev–Trinajstić information content (AvgIpc) is 3.32. The van der Waals surface area contributed by atoms with Gasteiger partial charge in [-0.3, -0.25) is 10.7 Å². The van der Waals surface area contributed by atoms with Gasteiger partial charge in [0, 0.05) is 11.0 Å². The molecular weight excluding hydrogens is 723 g/mol. The number of rotatable bonds is 8. The fourth-order valence-electron chi connectivity index (χ4n) is 7.67. The van der Waals surface area contributed by atoms with E-state index in [-0.39, 0.29) is 0 Å². The lowest BCUT2D eigenvalue weighted by atomic mass is 9.68. The van der Waals surface area contributed by atoms with E-state index >= 15 is 0 Å². The lowest BCUT2D eigenvalue weighted by molar-refractivity contribution is 0.359. The second-order valence-electron chi connectivity index (χ2n) is 14.4. The Balaban J connectivity index is 0.000000190. The molecule has 5 nitrogen and oxygen atoms in total. The van der Waals surface area contributed by atoms with E-state index in [1.54, 1.807) is 0 Å². The number of nitrogens with two attached hydrogens (primary N) is 1. The molecule has 1 aliphatic heterocycles. The van der Waals surface area contributed by atoms with Gasteiger partial charge >= 0.3 is 0 Å². The summed E-state index contributed by atoms with van der Waals surface area (Å²) in [7, 11) is 0. The third kappa shape index (κ3) is 8.10. The summed E-state index contributed by atoms with van der Waals surface area (Å²) in [6, 6.07) is 70.4. The predicted octanol–water partition coefficient (Wildman–Crippen LogP) is 13.4. The number of nitrogens with zero attached hydrogens (tertiary/aromatic N) is 1. The van der Waals surface area contributed by atoms with Crippen LogP contribution in [0.1, 0.15) is 40.3 Å². The van der Waals surface area contributed by atoms with Crippen molar-refractivity contribution in [1.29, 1.82) is 5.41 Å². The Morgan fingerprint density at radius 3 is 1.44 bits per heavy atom. The summed E-state index contributed by atoms with van der Waals surface area (Å²) >= 11 is 0. The molecule has 5 heteroatoms. The van der Waals surface area contributed by atoms with Crippen LogP contribution in [0.2, 0.25) is 0 Å². The number of ether oxygens (including phenoxy) is 2. The SMILES string of the molecule is C=N.C=NC(N)(c1ccccc1)c1ccc(-c2ccccc2)cc1.Cc1ccc2c(c1)Oc1c(ccc(C(C)(c3ccccc3)c3ccccc3)c1-c1ccccc1)O2. The number of aliphatic imine (C=N–C) groups is 1. The Hall–Kier alpha value is -7.34. The molecule has 8 aromatic rings. The summed E-state index contributed by atoms with van der Waals surface area (Å²) in [5, 5.41) is 5.50. The lowest BCUT2D eigenvalue weighted by Gasteiger charge is -2.35. The molecule has 0 amide bonds. The molecule has 0 spiro atoms. The number of aryl methyl sites for hydroxylation is 1. The molecule has 1 heterocycles. The van der Waals surface area contributed by atoms with E-state index in [9.17, 15) is 0 Å². The van der Waals surface area contributed by atoms with E-state index in [0.29, 0.717) is 0 Å². The molecular formula is C54H47N3O2. The number of nitrogens with one attached hydrogen (secondary N) is 1. The van der Waals surface area contributed by atoms with Crippen LogP contribution in [0.4, 0.5) is 0 Å². The zero-order chi connectivity index (χ0) is 41.2. The second kappa shape index (κ2) is 17.9. The highest BCUT2D eigenvalue weighted by Crippen LogP contribution is 2.54. The van der Waals surface area contributed by atoms with E-state index in [0.717, 1.165) is 56.4 Å². The van der Waals surface area contributed by atoms with Gasteiger partial charge in [-0.05, 0) is 95.6 Å². The van der Waals surface area contributed by atoms with Crippen LogP contribution in [0.5, 0.6) is 23.0 Å². The molecule has 59 heavy (non-hydrogen) atoms. The third-order valence-corrected chi connectivity index (χ3v) is 10.9. The quantitative estimate of drug-likeness (QED) is 0.119. The molecule has 290 valence electrons. The number of benzene rings is 8. The predicted molar refractivity (Wildman–Crippen MR) is 244 cm³/mol. The van der Waals surface area contributed by atoms with E-state index in [2.05, 4.69) is 148 Å². The summed E-state index contributed by atoms with van der Waals surface area (Å²) in [6.07, 6.45) is 0. The molecule has 0 radical (unpaired) electrons. The lowest BCUT2D eigenvalue weighted by Crippen LogP contribution is -2.35. The normalized spacial score (nSPS) is 12.3. The zero-order valence-corrected chi connectivity index (χ0v) is 33.4. The molecule has 0 saturated carbocycles. The van der Waals surface area contributed by atoms with Crippen LogP contribution in [-0.4, -0.2) is 13.4 Å². The first-order chi connectivity index (χ1) is 28.9. The Morgan fingerprint density at radius 2 is 0.915 bits per heavy atom. The van der Waals surface area contributed by atoms with Gasteiger partial charge in [0.1, 0.15) is 0 Å². The van der Waals surface area contributed by atoms with E-state index in [1.165, 1.54) is 22.3 Å². The molecule has 8 aromatic carbocycles. The van der Waals surface area contributed by atoms with Gasteiger partial charge in [0.15, 0.2) is 28.7 Å². The van der Waals surface area contributed by atoms with E-state index < -0.39 is 11.1 Å². The van der Waals surface area contributed by atoms with Crippen LogP contribution in [0.15, 0.2) is 211 Å². The third-order valence-electron chi connectivity index (χ3n) is 10.9. The molecule has 1 aliphatic rings. The Kier molecular flexibility index (Phi) is 12.1. The Bertz CT molecular complexity index is 2580. The molecule has 0 fully saturated rings. The van der Waals surface area contributed by atoms with Crippen molar-refractivity contribution in [3.63, 3.8) is 0 Å². The molecule has 1 atom stereocenters. The fraction of sp³-hybridized carbons (Fsp3) is 0.0741. The fourth-order valence-corrected chi connectivity index (χ4v) is 7.67. The van der Waals surface area contributed by atoms with Crippen molar-refractivity contribution in [2.45, 2.75) is 24.9 Å². The summed E-state index contributed by atoms with van der Waals surface area (Å²) in [4.78, 5) is 4.19. The van der Waals surface area contributed by atoms with Gasteiger partial charge in [-0.2, -0.15) is 0 Å². The first-order valence-electron chi connectivity index (χ1n) is 19.5. The van der Waals surface area contributed by atoms with Crippen LogP contribution in [-0.2, 0) is 11.1 Å². The van der Waals surface area contributed by atoms with Crippen LogP contribution in [0.25, 0.3) is 22.3 Å². The van der Waals surface area contributed by atoms with Crippen LogP contribution in [0.3, 0.4) is 0 Å². The second-order valence-corrected chi connectivity index (χ2v) is 14.4. The highest BCUT2D eigenvalue weighted by atomic mass is 16.6. The zero-order valence-electron chi connectivity index (χ0n) is 33.4. The number of fused-ring (bicyclic) bond motifs is 2. The minimum absolute atomic E-state index is 0.418. The summed E-state index contributed by atoms with van der Waals surface area (Å²) in [5.41, 5.74) is 16.2. The van der Waals surface area contributed by atoms with Crippen LogP contribution >= 0.6 is 0 Å². The standard InChI is InChI=1S/C33H26O2.C20H18N2.CH3N/c1-23-18-20-28-30(22-23)35-32-29(34-28)21-19-27(31(32)24-12-6-3-7-13-24)33(2,25-14-8-4-9-15-25)26-16-10-5-11-17-26;1-22-20(21,18-10-6-3-7-11-18)19-14-12-17(13-15-19)16-8-4-2-5-9-16;1-2/h3-22H,1-2H3;2-15H,1,21H2;2H,1H2. The molecule has 1 unspecified atom stereocenters. The molecule has 3 N–H and O–H groups in total. The maximum absolute atomic E-state index is 6.63. The van der Waals surface area contributed by atoms with Crippen molar-refractivity contribution in [3.8, 4) is 45.3 Å². The van der Waals surface area contributed by atoms with Gasteiger partial charge in [-0.25, -0.2) is 0 Å². The Morgan fingerprint density at radius 1 is 0.475 bits per heavy atom. The first-order valence-corrected chi connectivity index (χ1v) is 19.5. The van der Waals surface area contributed by atoms with Gasteiger partial charge in [-0.1, -0.05) is 188 Å². The van der Waals surface area contributed by atoms with Crippen molar-refractivity contribution in [2.75, 3.05) is 0 Å². The largest absolute Gasteiger partial charge is 0.449 e. The highest BCUT2D eigenvalue weighted by molar-refractivity contribution is 5.82. The average molecular weight is 770 g/mol. The topological polar surface area (TPSA) is 80.7 Å². The van der Waals surface area contributed by atoms with Gasteiger partial charge in [0.25, 0.3) is 0 Å². The minimum Gasteiger partial charge on any atom is -0.449 e. The van der Waals surface area contributed by atoms with Crippen molar-refractivity contribution < 1.29 is 9.47 Å². The summed E-state index contributed by atoms with van der Waals surface area (Å²) in [6.45, 7) is 10.6. The van der Waals surface area contributed by atoms with Crippen LogP contribution in [0, 0.1) is 12.3 Å². The van der Waals surface area contributed by atoms with E-state index in [1.807, 2.05) is 91.0 Å². The van der Waals surface area contributed by atoms with Crippen molar-refractivity contribution in [2.24, 2.45) is 10.7 Å². The molecule has 0 saturated heterocycles. The molecule has 0 bridgehead atoms. The minimum atomic E-state index is -0.920. The molecule has 0 aliphatic carbocycles. The van der Waals surface area contributed by atoms with Gasteiger partial charge < -0.3 is 14.9 Å². The smallest absolute Gasteiger partial charge is 0.178 e. The number of hydrogen-bond acceptors (Lipinski definition) is 5. The van der Waals surface area contributed by atoms with Crippen molar-refractivity contribution in [3.05, 3.63) is 240 Å². The van der Waals surface area contributed by atoms with Gasteiger partial charge in [0.2, 0.25) is 0 Å².